The van der Waals surface area contributed by atoms with Crippen molar-refractivity contribution in [2.45, 2.75) is 0 Å². The molecular weight excluding hydrogens is 197 g/mol. The molecule has 0 aromatic heterocycles. The highest BCUT2D eigenvalue weighted by Crippen LogP contribution is 2.03. The van der Waals surface area contributed by atoms with Crippen molar-refractivity contribution in [1.82, 2.24) is 5.43 Å². The standard InChI is InChI=1S/C10H10FN3O/c11-9-5-3-8(4-6-9)2-1-7-13-14-10(12)15/h1-7H,(H3,12,14,15)/b2-1+,13-7+. The first kappa shape index (κ1) is 10.9. The van der Waals surface area contributed by atoms with Gasteiger partial charge in [-0.15, -0.1) is 0 Å². The summed E-state index contributed by atoms with van der Waals surface area (Å²) in [6.07, 6.45) is 4.68. The van der Waals surface area contributed by atoms with Gasteiger partial charge in [-0.2, -0.15) is 5.10 Å². The van der Waals surface area contributed by atoms with Gasteiger partial charge in [0.25, 0.3) is 0 Å². The summed E-state index contributed by atoms with van der Waals surface area (Å²) >= 11 is 0. The lowest BCUT2D eigenvalue weighted by molar-refractivity contribution is 0.249. The maximum atomic E-state index is 12.5. The van der Waals surface area contributed by atoms with E-state index in [-0.39, 0.29) is 5.82 Å². The van der Waals surface area contributed by atoms with Crippen molar-refractivity contribution in [3.63, 3.8) is 0 Å². The lowest BCUT2D eigenvalue weighted by Crippen LogP contribution is -2.24. The first-order chi connectivity index (χ1) is 7.18. The number of rotatable bonds is 3. The Balaban J connectivity index is 2.47. The Morgan fingerprint density at radius 1 is 1.40 bits per heavy atom. The van der Waals surface area contributed by atoms with Crippen molar-refractivity contribution < 1.29 is 9.18 Å². The number of allylic oxidation sites excluding steroid dienone is 1. The van der Waals surface area contributed by atoms with Gasteiger partial charge >= 0.3 is 6.03 Å². The van der Waals surface area contributed by atoms with Gasteiger partial charge in [-0.05, 0) is 23.8 Å². The Hall–Kier alpha value is -2.17. The molecule has 1 rings (SSSR count). The first-order valence-electron chi connectivity index (χ1n) is 4.19. The van der Waals surface area contributed by atoms with E-state index >= 15 is 0 Å². The van der Waals surface area contributed by atoms with Gasteiger partial charge in [-0.25, -0.2) is 14.6 Å². The summed E-state index contributed by atoms with van der Waals surface area (Å²) in [6.45, 7) is 0. The number of urea groups is 1. The van der Waals surface area contributed by atoms with Crippen LogP contribution in [-0.4, -0.2) is 12.2 Å². The number of hydrogen-bond donors (Lipinski definition) is 2. The van der Waals surface area contributed by atoms with E-state index in [1.54, 1.807) is 24.3 Å². The van der Waals surface area contributed by atoms with Crippen LogP contribution < -0.4 is 11.2 Å². The number of primary amides is 1. The highest BCUT2D eigenvalue weighted by molar-refractivity contribution is 5.80. The highest BCUT2D eigenvalue weighted by atomic mass is 19.1. The van der Waals surface area contributed by atoms with Crippen molar-refractivity contribution in [1.29, 1.82) is 0 Å². The normalized spacial score (nSPS) is 11.0. The molecule has 2 amide bonds. The fourth-order valence-corrected chi connectivity index (χ4v) is 0.872. The van der Waals surface area contributed by atoms with Crippen molar-refractivity contribution in [3.05, 3.63) is 41.7 Å². The van der Waals surface area contributed by atoms with E-state index in [0.717, 1.165) is 5.56 Å². The Kier molecular flexibility index (Phi) is 4.03. The number of hydrogen-bond acceptors (Lipinski definition) is 2. The summed E-state index contributed by atoms with van der Waals surface area (Å²) in [6, 6.07) is 5.25. The molecule has 0 saturated heterocycles. The predicted octanol–water partition coefficient (Wildman–Crippen LogP) is 1.49. The van der Waals surface area contributed by atoms with Crippen LogP contribution in [0.1, 0.15) is 5.56 Å². The van der Waals surface area contributed by atoms with E-state index in [1.807, 2.05) is 5.43 Å². The van der Waals surface area contributed by atoms with Gasteiger partial charge in [-0.3, -0.25) is 0 Å². The molecule has 3 N–H and O–H groups in total. The van der Waals surface area contributed by atoms with E-state index < -0.39 is 6.03 Å². The molecule has 0 saturated carbocycles. The van der Waals surface area contributed by atoms with Gasteiger partial charge in [0.15, 0.2) is 0 Å². The van der Waals surface area contributed by atoms with E-state index in [9.17, 15) is 9.18 Å². The van der Waals surface area contributed by atoms with Crippen LogP contribution in [-0.2, 0) is 0 Å². The summed E-state index contributed by atoms with van der Waals surface area (Å²) in [7, 11) is 0. The lowest BCUT2D eigenvalue weighted by atomic mass is 10.2. The number of halogens is 1. The second kappa shape index (κ2) is 5.54. The molecule has 0 fully saturated rings. The van der Waals surface area contributed by atoms with Crippen LogP contribution >= 0.6 is 0 Å². The van der Waals surface area contributed by atoms with Crippen molar-refractivity contribution in [2.75, 3.05) is 0 Å². The molecule has 0 unspecified atom stereocenters. The maximum Gasteiger partial charge on any atom is 0.332 e. The van der Waals surface area contributed by atoms with Crippen LogP contribution in [0.4, 0.5) is 9.18 Å². The molecule has 1 aromatic rings. The summed E-state index contributed by atoms with van der Waals surface area (Å²) in [5, 5.41) is 3.49. The van der Waals surface area contributed by atoms with Crippen LogP contribution in [0.3, 0.4) is 0 Å². The molecule has 0 radical (unpaired) electrons. The third-order valence-corrected chi connectivity index (χ3v) is 1.49. The van der Waals surface area contributed by atoms with Gasteiger partial charge in [0, 0.05) is 6.21 Å². The molecule has 0 aliphatic carbocycles. The van der Waals surface area contributed by atoms with Crippen LogP contribution in [0.15, 0.2) is 35.4 Å². The molecule has 5 heteroatoms. The average molecular weight is 207 g/mol. The lowest BCUT2D eigenvalue weighted by Gasteiger charge is -1.91. The van der Waals surface area contributed by atoms with E-state index in [2.05, 4.69) is 5.10 Å². The van der Waals surface area contributed by atoms with Crippen LogP contribution in [0.25, 0.3) is 6.08 Å². The summed E-state index contributed by atoms with van der Waals surface area (Å²) < 4.78 is 12.5. The Bertz CT molecular complexity index is 384. The zero-order valence-electron chi connectivity index (χ0n) is 7.85. The molecule has 15 heavy (non-hydrogen) atoms. The molecule has 0 spiro atoms. The molecule has 0 aliphatic rings. The number of hydrazone groups is 1. The number of nitrogens with one attached hydrogen (secondary N) is 1. The van der Waals surface area contributed by atoms with Crippen LogP contribution in [0, 0.1) is 5.82 Å². The van der Waals surface area contributed by atoms with Crippen LogP contribution in [0.5, 0.6) is 0 Å². The van der Waals surface area contributed by atoms with E-state index in [4.69, 9.17) is 5.73 Å². The van der Waals surface area contributed by atoms with E-state index in [1.165, 1.54) is 18.3 Å². The van der Waals surface area contributed by atoms with Gasteiger partial charge in [0.05, 0.1) is 0 Å². The third kappa shape index (κ3) is 4.56. The average Bonchev–Trinajstić information content (AvgIpc) is 2.20. The molecule has 4 nitrogen and oxygen atoms in total. The van der Waals surface area contributed by atoms with E-state index in [0.29, 0.717) is 0 Å². The molecular formula is C10H10FN3O. The minimum atomic E-state index is -0.721. The molecule has 1 aromatic carbocycles. The number of carbonyl (C=O) groups excluding carboxylic acids is 1. The Labute approximate surface area is 86.3 Å². The van der Waals surface area contributed by atoms with Crippen molar-refractivity contribution >= 4 is 18.3 Å². The number of nitrogens with two attached hydrogens (primary N) is 1. The number of benzene rings is 1. The zero-order chi connectivity index (χ0) is 11.1. The zero-order valence-corrected chi connectivity index (χ0v) is 7.85. The maximum absolute atomic E-state index is 12.5. The van der Waals surface area contributed by atoms with Gasteiger partial charge in [-0.1, -0.05) is 18.2 Å². The smallest absolute Gasteiger partial charge is 0.332 e. The number of carbonyl (C=O) groups is 1. The Morgan fingerprint density at radius 3 is 2.67 bits per heavy atom. The topological polar surface area (TPSA) is 67.5 Å². The van der Waals surface area contributed by atoms with Crippen LogP contribution in [0.2, 0.25) is 0 Å². The van der Waals surface area contributed by atoms with Gasteiger partial charge < -0.3 is 5.73 Å². The quantitative estimate of drug-likeness (QED) is 0.572. The molecule has 78 valence electrons. The molecule has 0 bridgehead atoms. The van der Waals surface area contributed by atoms with Gasteiger partial charge in [0.1, 0.15) is 5.82 Å². The molecule has 0 atom stereocenters. The molecule has 0 aliphatic heterocycles. The largest absolute Gasteiger partial charge is 0.350 e. The first-order valence-corrected chi connectivity index (χ1v) is 4.19. The number of nitrogens with zero attached hydrogens (tertiary/aromatic N) is 1. The van der Waals surface area contributed by atoms with Crippen molar-refractivity contribution in [2.24, 2.45) is 10.8 Å². The second-order valence-electron chi connectivity index (χ2n) is 2.66. The molecule has 0 heterocycles. The summed E-state index contributed by atoms with van der Waals surface area (Å²) in [5.74, 6) is -0.281. The third-order valence-electron chi connectivity index (χ3n) is 1.49. The highest BCUT2D eigenvalue weighted by Gasteiger charge is 1.87. The van der Waals surface area contributed by atoms with Crippen molar-refractivity contribution in [3.8, 4) is 0 Å². The predicted molar refractivity (Wildman–Crippen MR) is 56.6 cm³/mol. The summed E-state index contributed by atoms with van der Waals surface area (Å²) in [5.41, 5.74) is 7.65. The minimum absolute atomic E-state index is 0.281. The Morgan fingerprint density at radius 2 is 2.07 bits per heavy atom. The fraction of sp³-hybridized carbons (Fsp3) is 0. The second-order valence-corrected chi connectivity index (χ2v) is 2.66. The fourth-order valence-electron chi connectivity index (χ4n) is 0.872. The summed E-state index contributed by atoms with van der Waals surface area (Å²) in [4.78, 5) is 10.2. The monoisotopic (exact) mass is 207 g/mol. The minimum Gasteiger partial charge on any atom is -0.350 e. The number of amides is 2. The van der Waals surface area contributed by atoms with Gasteiger partial charge in [0.2, 0.25) is 0 Å². The SMILES string of the molecule is NC(=O)N/N=C/C=C/c1ccc(F)cc1.